The minimum atomic E-state index is 0.743. The van der Waals surface area contributed by atoms with Crippen LogP contribution in [-0.2, 0) is 6.42 Å². The zero-order valence-corrected chi connectivity index (χ0v) is 8.22. The zero-order valence-electron chi connectivity index (χ0n) is 8.22. The van der Waals surface area contributed by atoms with E-state index in [4.69, 9.17) is 0 Å². The van der Waals surface area contributed by atoms with Crippen LogP contribution in [0.2, 0.25) is 0 Å². The van der Waals surface area contributed by atoms with Crippen molar-refractivity contribution in [2.24, 2.45) is 0 Å². The van der Waals surface area contributed by atoms with Crippen molar-refractivity contribution in [1.82, 2.24) is 0 Å². The topological polar surface area (TPSA) is 12.0 Å². The summed E-state index contributed by atoms with van der Waals surface area (Å²) in [5.41, 5.74) is 2.70. The average molecular weight is 175 g/mol. The van der Waals surface area contributed by atoms with Crippen molar-refractivity contribution in [2.45, 2.75) is 38.6 Å². The molecule has 0 saturated heterocycles. The first-order valence-electron chi connectivity index (χ1n) is 5.24. The summed E-state index contributed by atoms with van der Waals surface area (Å²) in [7, 11) is 0. The van der Waals surface area contributed by atoms with Crippen LogP contribution in [0.4, 0.5) is 5.69 Å². The second kappa shape index (κ2) is 3.82. The maximum atomic E-state index is 3.53. The van der Waals surface area contributed by atoms with Gasteiger partial charge >= 0.3 is 0 Å². The summed E-state index contributed by atoms with van der Waals surface area (Å²) in [6.45, 7) is 2.19. The monoisotopic (exact) mass is 175 g/mol. The Morgan fingerprint density at radius 2 is 1.92 bits per heavy atom. The van der Waals surface area contributed by atoms with E-state index in [0.29, 0.717) is 0 Å². The van der Waals surface area contributed by atoms with Crippen LogP contribution in [0.15, 0.2) is 24.3 Å². The van der Waals surface area contributed by atoms with Crippen molar-refractivity contribution in [3.05, 3.63) is 29.8 Å². The molecule has 0 amide bonds. The molecule has 1 aliphatic carbocycles. The molecule has 2 rings (SSSR count). The Hall–Kier alpha value is -0.980. The van der Waals surface area contributed by atoms with E-state index in [9.17, 15) is 0 Å². The lowest BCUT2D eigenvalue weighted by Gasteiger charge is -2.27. The second-order valence-electron chi connectivity index (χ2n) is 3.82. The first kappa shape index (κ1) is 8.61. The molecule has 0 bridgehead atoms. The van der Waals surface area contributed by atoms with Gasteiger partial charge < -0.3 is 5.32 Å². The van der Waals surface area contributed by atoms with Crippen molar-refractivity contribution in [3.63, 3.8) is 0 Å². The third-order valence-corrected chi connectivity index (χ3v) is 2.84. The third kappa shape index (κ3) is 2.03. The first-order chi connectivity index (χ1) is 6.38. The van der Waals surface area contributed by atoms with E-state index in [1.807, 2.05) is 0 Å². The molecule has 1 nitrogen and oxygen atoms in total. The Morgan fingerprint density at radius 1 is 1.23 bits per heavy atom. The molecule has 0 heterocycles. The van der Waals surface area contributed by atoms with E-state index in [1.165, 1.54) is 30.5 Å². The Balaban J connectivity index is 1.96. The van der Waals surface area contributed by atoms with Gasteiger partial charge in [0, 0.05) is 11.7 Å². The predicted molar refractivity (Wildman–Crippen MR) is 57.1 cm³/mol. The summed E-state index contributed by atoms with van der Waals surface area (Å²) < 4.78 is 0. The Kier molecular flexibility index (Phi) is 2.53. The Morgan fingerprint density at radius 3 is 2.38 bits per heavy atom. The van der Waals surface area contributed by atoms with Gasteiger partial charge in [0.25, 0.3) is 0 Å². The highest BCUT2D eigenvalue weighted by atomic mass is 14.9. The van der Waals surface area contributed by atoms with Crippen LogP contribution in [0.5, 0.6) is 0 Å². The molecule has 1 aromatic carbocycles. The van der Waals surface area contributed by atoms with Crippen LogP contribution in [0.25, 0.3) is 0 Å². The van der Waals surface area contributed by atoms with Gasteiger partial charge in [-0.05, 0) is 43.4 Å². The zero-order chi connectivity index (χ0) is 9.10. The van der Waals surface area contributed by atoms with Crippen molar-refractivity contribution in [3.8, 4) is 0 Å². The maximum absolute atomic E-state index is 3.53. The van der Waals surface area contributed by atoms with Gasteiger partial charge in [0.2, 0.25) is 0 Å². The lowest BCUT2D eigenvalue weighted by Crippen LogP contribution is -2.26. The SMILES string of the molecule is CCc1ccc(NC2CCC2)cc1. The van der Waals surface area contributed by atoms with Gasteiger partial charge in [0.1, 0.15) is 0 Å². The number of anilines is 1. The lowest BCUT2D eigenvalue weighted by molar-refractivity contribution is 0.445. The molecule has 1 aromatic rings. The smallest absolute Gasteiger partial charge is 0.0342 e. The number of rotatable bonds is 3. The highest BCUT2D eigenvalue weighted by Crippen LogP contribution is 2.23. The van der Waals surface area contributed by atoms with Gasteiger partial charge in [-0.15, -0.1) is 0 Å². The molecule has 1 heteroatoms. The molecule has 1 N–H and O–H groups in total. The van der Waals surface area contributed by atoms with Gasteiger partial charge in [-0.1, -0.05) is 19.1 Å². The normalized spacial score (nSPS) is 16.7. The summed E-state index contributed by atoms with van der Waals surface area (Å²) in [6.07, 6.45) is 5.21. The molecule has 0 spiro atoms. The minimum Gasteiger partial charge on any atom is -0.382 e. The van der Waals surface area contributed by atoms with Crippen LogP contribution < -0.4 is 5.32 Å². The standard InChI is InChI=1S/C12H17N/c1-2-10-6-8-12(9-7-10)13-11-4-3-5-11/h6-9,11,13H,2-5H2,1H3. The number of hydrogen-bond acceptors (Lipinski definition) is 1. The highest BCUT2D eigenvalue weighted by Gasteiger charge is 2.16. The Labute approximate surface area is 80.2 Å². The van der Waals surface area contributed by atoms with Crippen LogP contribution >= 0.6 is 0 Å². The number of nitrogens with one attached hydrogen (secondary N) is 1. The molecule has 1 fully saturated rings. The summed E-state index contributed by atoms with van der Waals surface area (Å²) >= 11 is 0. The maximum Gasteiger partial charge on any atom is 0.0342 e. The van der Waals surface area contributed by atoms with E-state index in [1.54, 1.807) is 0 Å². The molecule has 0 radical (unpaired) electrons. The van der Waals surface area contributed by atoms with Crippen molar-refractivity contribution >= 4 is 5.69 Å². The molecule has 0 aliphatic heterocycles. The molecule has 70 valence electrons. The lowest BCUT2D eigenvalue weighted by atomic mass is 9.93. The van der Waals surface area contributed by atoms with Gasteiger partial charge in [0.05, 0.1) is 0 Å². The summed E-state index contributed by atoms with van der Waals surface area (Å²) in [5, 5.41) is 3.53. The minimum absolute atomic E-state index is 0.743. The molecule has 1 aliphatic rings. The quantitative estimate of drug-likeness (QED) is 0.743. The van der Waals surface area contributed by atoms with Crippen molar-refractivity contribution in [2.75, 3.05) is 5.32 Å². The van der Waals surface area contributed by atoms with Crippen LogP contribution in [0.1, 0.15) is 31.7 Å². The largest absolute Gasteiger partial charge is 0.382 e. The molecule has 0 unspecified atom stereocenters. The van der Waals surface area contributed by atoms with Gasteiger partial charge in [-0.3, -0.25) is 0 Å². The second-order valence-corrected chi connectivity index (χ2v) is 3.82. The van der Waals surface area contributed by atoms with Crippen molar-refractivity contribution < 1.29 is 0 Å². The highest BCUT2D eigenvalue weighted by molar-refractivity contribution is 5.45. The van der Waals surface area contributed by atoms with E-state index >= 15 is 0 Å². The number of hydrogen-bond donors (Lipinski definition) is 1. The summed E-state index contributed by atoms with van der Waals surface area (Å²) in [6, 6.07) is 9.54. The summed E-state index contributed by atoms with van der Waals surface area (Å²) in [4.78, 5) is 0. The fourth-order valence-corrected chi connectivity index (χ4v) is 1.62. The summed E-state index contributed by atoms with van der Waals surface area (Å²) in [5.74, 6) is 0. The molecule has 0 aromatic heterocycles. The number of aryl methyl sites for hydroxylation is 1. The molecule has 1 saturated carbocycles. The molecular weight excluding hydrogens is 158 g/mol. The van der Waals surface area contributed by atoms with Gasteiger partial charge in [-0.2, -0.15) is 0 Å². The molecule has 0 atom stereocenters. The van der Waals surface area contributed by atoms with Crippen molar-refractivity contribution in [1.29, 1.82) is 0 Å². The fraction of sp³-hybridized carbons (Fsp3) is 0.500. The van der Waals surface area contributed by atoms with Crippen LogP contribution in [-0.4, -0.2) is 6.04 Å². The third-order valence-electron chi connectivity index (χ3n) is 2.84. The molecular formula is C12H17N. The predicted octanol–water partition coefficient (Wildman–Crippen LogP) is 3.21. The van der Waals surface area contributed by atoms with Crippen LogP contribution in [0.3, 0.4) is 0 Å². The fourth-order valence-electron chi connectivity index (χ4n) is 1.62. The Bertz CT molecular complexity index is 259. The van der Waals surface area contributed by atoms with E-state index in [0.717, 1.165) is 12.5 Å². The van der Waals surface area contributed by atoms with Crippen LogP contribution in [0, 0.1) is 0 Å². The average Bonchev–Trinajstić information content (AvgIpc) is 2.12. The van der Waals surface area contributed by atoms with E-state index in [2.05, 4.69) is 36.5 Å². The first-order valence-corrected chi connectivity index (χ1v) is 5.24. The van der Waals surface area contributed by atoms with E-state index in [-0.39, 0.29) is 0 Å². The van der Waals surface area contributed by atoms with Gasteiger partial charge in [0.15, 0.2) is 0 Å². The number of benzene rings is 1. The molecule has 13 heavy (non-hydrogen) atoms. The van der Waals surface area contributed by atoms with E-state index < -0.39 is 0 Å². The van der Waals surface area contributed by atoms with Gasteiger partial charge in [-0.25, -0.2) is 0 Å².